The molecule has 0 spiro atoms. The number of nitrogens with zero attached hydrogens (tertiary/aromatic N) is 2. The van der Waals surface area contributed by atoms with Crippen LogP contribution in [0.4, 0.5) is 4.39 Å². The van der Waals surface area contributed by atoms with E-state index in [-0.39, 0.29) is 30.2 Å². The van der Waals surface area contributed by atoms with Crippen molar-refractivity contribution in [2.24, 2.45) is 10.9 Å². The third-order valence-corrected chi connectivity index (χ3v) is 4.09. The molecule has 8 heteroatoms. The zero-order valence-electron chi connectivity index (χ0n) is 13.5. The number of hydrogen-bond donors (Lipinski definition) is 2. The lowest BCUT2D eigenvalue weighted by Gasteiger charge is -2.13. The Morgan fingerprint density at radius 2 is 2.17 bits per heavy atom. The molecular formula is C16H19FN4O2S. The second-order valence-corrected chi connectivity index (χ2v) is 6.20. The second-order valence-electron chi connectivity index (χ2n) is 5.26. The summed E-state index contributed by atoms with van der Waals surface area (Å²) in [7, 11) is 0. The SMILES string of the molecule is Cc1csc(CC(N)=NOCC(=O)NC(C)c2ccc(F)cc2)n1. The van der Waals surface area contributed by atoms with E-state index in [9.17, 15) is 9.18 Å². The van der Waals surface area contributed by atoms with E-state index in [1.54, 1.807) is 19.1 Å². The number of carbonyl (C=O) groups is 1. The fourth-order valence-corrected chi connectivity index (χ4v) is 2.75. The highest BCUT2D eigenvalue weighted by Gasteiger charge is 2.10. The van der Waals surface area contributed by atoms with E-state index in [4.69, 9.17) is 10.6 Å². The van der Waals surface area contributed by atoms with E-state index in [2.05, 4.69) is 15.5 Å². The Kier molecular flexibility index (Phi) is 6.25. The van der Waals surface area contributed by atoms with Crippen molar-refractivity contribution in [2.75, 3.05) is 6.61 Å². The maximum atomic E-state index is 12.9. The molecule has 3 N–H and O–H groups in total. The molecule has 2 aromatic rings. The van der Waals surface area contributed by atoms with E-state index >= 15 is 0 Å². The van der Waals surface area contributed by atoms with Gasteiger partial charge in [-0.15, -0.1) is 11.3 Å². The van der Waals surface area contributed by atoms with Gasteiger partial charge >= 0.3 is 0 Å². The number of hydrogen-bond acceptors (Lipinski definition) is 5. The van der Waals surface area contributed by atoms with Crippen LogP contribution in [0.5, 0.6) is 0 Å². The summed E-state index contributed by atoms with van der Waals surface area (Å²) < 4.78 is 12.9. The molecule has 0 aliphatic heterocycles. The van der Waals surface area contributed by atoms with Crippen molar-refractivity contribution >= 4 is 23.1 Å². The minimum absolute atomic E-state index is 0.247. The summed E-state index contributed by atoms with van der Waals surface area (Å²) in [6.45, 7) is 3.45. The number of thiazole rings is 1. The minimum Gasteiger partial charge on any atom is -0.384 e. The summed E-state index contributed by atoms with van der Waals surface area (Å²) in [5.74, 6) is -0.405. The van der Waals surface area contributed by atoms with Crippen LogP contribution in [0, 0.1) is 12.7 Å². The third kappa shape index (κ3) is 5.62. The average Bonchev–Trinajstić information content (AvgIpc) is 2.92. The number of aryl methyl sites for hydroxylation is 1. The van der Waals surface area contributed by atoms with E-state index in [0.717, 1.165) is 16.3 Å². The summed E-state index contributed by atoms with van der Waals surface area (Å²) in [5.41, 5.74) is 7.46. The van der Waals surface area contributed by atoms with Gasteiger partial charge in [0.2, 0.25) is 0 Å². The summed E-state index contributed by atoms with van der Waals surface area (Å²) in [6, 6.07) is 5.67. The van der Waals surface area contributed by atoms with Crippen molar-refractivity contribution in [1.82, 2.24) is 10.3 Å². The molecule has 6 nitrogen and oxygen atoms in total. The lowest BCUT2D eigenvalue weighted by Crippen LogP contribution is -2.30. The molecule has 0 aliphatic rings. The van der Waals surface area contributed by atoms with Gasteiger partial charge in [0.15, 0.2) is 6.61 Å². The normalized spacial score (nSPS) is 12.7. The van der Waals surface area contributed by atoms with Crippen molar-refractivity contribution in [1.29, 1.82) is 0 Å². The maximum absolute atomic E-state index is 12.9. The molecule has 1 amide bonds. The second kappa shape index (κ2) is 8.39. The van der Waals surface area contributed by atoms with E-state index < -0.39 is 0 Å². The van der Waals surface area contributed by atoms with Crippen molar-refractivity contribution in [3.8, 4) is 0 Å². The van der Waals surface area contributed by atoms with Gasteiger partial charge in [0, 0.05) is 11.1 Å². The molecule has 1 heterocycles. The number of nitrogens with two attached hydrogens (primary N) is 1. The highest BCUT2D eigenvalue weighted by molar-refractivity contribution is 7.09. The van der Waals surface area contributed by atoms with Crippen LogP contribution in [0.1, 0.15) is 29.2 Å². The number of nitrogens with one attached hydrogen (secondary N) is 1. The van der Waals surface area contributed by atoms with Crippen molar-refractivity contribution in [3.63, 3.8) is 0 Å². The van der Waals surface area contributed by atoms with Gasteiger partial charge < -0.3 is 15.9 Å². The first-order chi connectivity index (χ1) is 11.4. The molecule has 1 atom stereocenters. The highest BCUT2D eigenvalue weighted by atomic mass is 32.1. The van der Waals surface area contributed by atoms with Crippen LogP contribution in [0.15, 0.2) is 34.8 Å². The van der Waals surface area contributed by atoms with Gasteiger partial charge in [-0.3, -0.25) is 4.79 Å². The number of halogens is 1. The zero-order chi connectivity index (χ0) is 17.5. The lowest BCUT2D eigenvalue weighted by molar-refractivity contribution is -0.126. The van der Waals surface area contributed by atoms with Crippen molar-refractivity contribution in [3.05, 3.63) is 51.7 Å². The first-order valence-electron chi connectivity index (χ1n) is 7.34. The summed E-state index contributed by atoms with van der Waals surface area (Å²) in [6.07, 6.45) is 0.381. The number of rotatable bonds is 7. The minimum atomic E-state index is -0.339. The van der Waals surface area contributed by atoms with Crippen LogP contribution in [-0.2, 0) is 16.1 Å². The van der Waals surface area contributed by atoms with Gasteiger partial charge in [-0.05, 0) is 31.5 Å². The summed E-state index contributed by atoms with van der Waals surface area (Å²) in [5, 5.41) is 9.21. The molecule has 128 valence electrons. The Balaban J connectivity index is 1.76. The van der Waals surface area contributed by atoms with Gasteiger partial charge in [0.25, 0.3) is 5.91 Å². The van der Waals surface area contributed by atoms with Crippen LogP contribution in [-0.4, -0.2) is 23.3 Å². The predicted molar refractivity (Wildman–Crippen MR) is 91.1 cm³/mol. The number of oxime groups is 1. The molecule has 24 heavy (non-hydrogen) atoms. The predicted octanol–water partition coefficient (Wildman–Crippen LogP) is 2.30. The van der Waals surface area contributed by atoms with Crippen LogP contribution in [0.25, 0.3) is 0 Å². The van der Waals surface area contributed by atoms with Crippen molar-refractivity contribution < 1.29 is 14.0 Å². The quantitative estimate of drug-likeness (QED) is 0.455. The Bertz CT molecular complexity index is 715. The molecule has 0 bridgehead atoms. The van der Waals surface area contributed by atoms with Gasteiger partial charge in [0.05, 0.1) is 12.5 Å². The van der Waals surface area contributed by atoms with Gasteiger partial charge in [0.1, 0.15) is 16.7 Å². The third-order valence-electron chi connectivity index (χ3n) is 3.12. The van der Waals surface area contributed by atoms with Crippen molar-refractivity contribution in [2.45, 2.75) is 26.3 Å². The Hall–Kier alpha value is -2.48. The number of aromatic nitrogens is 1. The molecule has 2 rings (SSSR count). The fraction of sp³-hybridized carbons (Fsp3) is 0.312. The molecule has 1 aromatic carbocycles. The smallest absolute Gasteiger partial charge is 0.261 e. The Morgan fingerprint density at radius 3 is 2.79 bits per heavy atom. The molecule has 0 saturated heterocycles. The van der Waals surface area contributed by atoms with E-state index in [1.165, 1.54) is 23.5 Å². The Labute approximate surface area is 143 Å². The molecule has 0 aliphatic carbocycles. The van der Waals surface area contributed by atoms with E-state index in [1.807, 2.05) is 12.3 Å². The number of amides is 1. The van der Waals surface area contributed by atoms with Gasteiger partial charge in [-0.25, -0.2) is 9.37 Å². The highest BCUT2D eigenvalue weighted by Crippen LogP contribution is 2.12. The van der Waals surface area contributed by atoms with Crippen LogP contribution in [0.2, 0.25) is 0 Å². The van der Waals surface area contributed by atoms with Gasteiger partial charge in [-0.1, -0.05) is 17.3 Å². The number of benzene rings is 1. The van der Waals surface area contributed by atoms with Gasteiger partial charge in [-0.2, -0.15) is 0 Å². The number of amidine groups is 1. The molecule has 1 aromatic heterocycles. The molecule has 0 radical (unpaired) electrons. The molecule has 0 fully saturated rings. The van der Waals surface area contributed by atoms with E-state index in [0.29, 0.717) is 6.42 Å². The largest absolute Gasteiger partial charge is 0.384 e. The maximum Gasteiger partial charge on any atom is 0.261 e. The molecule has 1 unspecified atom stereocenters. The standard InChI is InChI=1S/C16H19FN4O2S/c1-10-9-24-16(19-10)7-14(18)21-23-8-15(22)20-11(2)12-3-5-13(17)6-4-12/h3-6,9,11H,7-8H2,1-2H3,(H2,18,21)(H,20,22). The lowest BCUT2D eigenvalue weighted by atomic mass is 10.1. The summed E-state index contributed by atoms with van der Waals surface area (Å²) in [4.78, 5) is 21.0. The molecular weight excluding hydrogens is 331 g/mol. The summed E-state index contributed by atoms with van der Waals surface area (Å²) >= 11 is 1.49. The van der Waals surface area contributed by atoms with Crippen LogP contribution < -0.4 is 11.1 Å². The first-order valence-corrected chi connectivity index (χ1v) is 8.22. The van der Waals surface area contributed by atoms with Crippen LogP contribution >= 0.6 is 11.3 Å². The Morgan fingerprint density at radius 1 is 1.46 bits per heavy atom. The topological polar surface area (TPSA) is 89.6 Å². The first kappa shape index (κ1) is 17.9. The average molecular weight is 350 g/mol. The molecule has 0 saturated carbocycles. The fourth-order valence-electron chi connectivity index (χ4n) is 1.96. The van der Waals surface area contributed by atoms with Crippen LogP contribution in [0.3, 0.4) is 0 Å². The monoisotopic (exact) mass is 350 g/mol. The number of carbonyl (C=O) groups excluding carboxylic acids is 1. The zero-order valence-corrected chi connectivity index (χ0v) is 14.3.